The average Bonchev–Trinajstić information content (AvgIpc) is 2.68. The molecule has 17 heavy (non-hydrogen) atoms. The van der Waals surface area contributed by atoms with E-state index in [4.69, 9.17) is 0 Å². The van der Waals surface area contributed by atoms with Gasteiger partial charge in [0.25, 0.3) is 0 Å². The number of aromatic amines is 2. The molecule has 0 aliphatic carbocycles. The zero-order valence-corrected chi connectivity index (χ0v) is 10.2. The van der Waals surface area contributed by atoms with Crippen LogP contribution in [-0.2, 0) is 0 Å². The van der Waals surface area contributed by atoms with E-state index >= 15 is 0 Å². The summed E-state index contributed by atoms with van der Waals surface area (Å²) in [6, 6.07) is 5.92. The molecule has 1 heterocycles. The molecular formula is C12H18N4O. The van der Waals surface area contributed by atoms with Gasteiger partial charge in [-0.3, -0.25) is 0 Å². The van der Waals surface area contributed by atoms with Crippen LogP contribution in [0, 0.1) is 0 Å². The van der Waals surface area contributed by atoms with Gasteiger partial charge in [0.05, 0.1) is 11.0 Å². The fourth-order valence-corrected chi connectivity index (χ4v) is 1.81. The summed E-state index contributed by atoms with van der Waals surface area (Å²) in [7, 11) is 2.04. The maximum Gasteiger partial charge on any atom is 0.323 e. The summed E-state index contributed by atoms with van der Waals surface area (Å²) in [6.07, 6.45) is 0. The summed E-state index contributed by atoms with van der Waals surface area (Å²) in [4.78, 5) is 18.8. The van der Waals surface area contributed by atoms with Crippen LogP contribution in [0.3, 0.4) is 0 Å². The van der Waals surface area contributed by atoms with E-state index in [1.54, 1.807) is 0 Å². The van der Waals surface area contributed by atoms with Crippen molar-refractivity contribution in [2.45, 2.75) is 6.92 Å². The summed E-state index contributed by atoms with van der Waals surface area (Å²) >= 11 is 0. The third kappa shape index (κ3) is 2.68. The highest BCUT2D eigenvalue weighted by atomic mass is 16.1. The SMILES string of the molecule is CCNCCN(C)c1ccc2[nH]c(=O)[nH]c2c1. The van der Waals surface area contributed by atoms with Crippen LogP contribution in [-0.4, -0.2) is 36.6 Å². The maximum absolute atomic E-state index is 11.1. The maximum atomic E-state index is 11.1. The van der Waals surface area contributed by atoms with Crippen molar-refractivity contribution >= 4 is 16.7 Å². The highest BCUT2D eigenvalue weighted by Crippen LogP contribution is 2.17. The number of imidazole rings is 1. The van der Waals surface area contributed by atoms with Crippen molar-refractivity contribution in [3.05, 3.63) is 28.7 Å². The molecule has 0 fully saturated rings. The van der Waals surface area contributed by atoms with Crippen molar-refractivity contribution in [1.29, 1.82) is 0 Å². The fourth-order valence-electron chi connectivity index (χ4n) is 1.81. The third-order valence-electron chi connectivity index (χ3n) is 2.81. The Bertz CT molecular complexity index is 543. The van der Waals surface area contributed by atoms with Gasteiger partial charge in [0.1, 0.15) is 0 Å². The monoisotopic (exact) mass is 234 g/mol. The zero-order chi connectivity index (χ0) is 12.3. The van der Waals surface area contributed by atoms with Gasteiger partial charge in [-0.1, -0.05) is 6.92 Å². The van der Waals surface area contributed by atoms with Crippen LogP contribution in [0.15, 0.2) is 23.0 Å². The number of fused-ring (bicyclic) bond motifs is 1. The third-order valence-corrected chi connectivity index (χ3v) is 2.81. The van der Waals surface area contributed by atoms with Crippen LogP contribution in [0.2, 0.25) is 0 Å². The van der Waals surface area contributed by atoms with E-state index in [2.05, 4.69) is 27.1 Å². The molecule has 0 spiro atoms. The minimum absolute atomic E-state index is 0.160. The van der Waals surface area contributed by atoms with Gasteiger partial charge in [0.2, 0.25) is 0 Å². The molecule has 5 nitrogen and oxygen atoms in total. The molecule has 0 atom stereocenters. The Labute approximate surface area is 99.8 Å². The number of likely N-dealkylation sites (N-methyl/N-ethyl adjacent to an activating group) is 2. The van der Waals surface area contributed by atoms with Crippen molar-refractivity contribution in [2.24, 2.45) is 0 Å². The highest BCUT2D eigenvalue weighted by Gasteiger charge is 2.03. The van der Waals surface area contributed by atoms with Gasteiger partial charge in [-0.15, -0.1) is 0 Å². The summed E-state index contributed by atoms with van der Waals surface area (Å²) in [5.41, 5.74) is 2.64. The second-order valence-electron chi connectivity index (χ2n) is 4.08. The number of anilines is 1. The smallest absolute Gasteiger partial charge is 0.323 e. The van der Waals surface area contributed by atoms with Crippen LogP contribution in [0.1, 0.15) is 6.92 Å². The number of benzene rings is 1. The van der Waals surface area contributed by atoms with Gasteiger partial charge in [0, 0.05) is 25.8 Å². The molecule has 5 heteroatoms. The van der Waals surface area contributed by atoms with Crippen molar-refractivity contribution in [3.63, 3.8) is 0 Å². The van der Waals surface area contributed by atoms with Crippen LogP contribution >= 0.6 is 0 Å². The lowest BCUT2D eigenvalue weighted by molar-refractivity contribution is 0.706. The van der Waals surface area contributed by atoms with Gasteiger partial charge in [-0.05, 0) is 24.7 Å². The van der Waals surface area contributed by atoms with Crippen LogP contribution < -0.4 is 15.9 Å². The molecule has 0 unspecified atom stereocenters. The van der Waals surface area contributed by atoms with Gasteiger partial charge < -0.3 is 20.2 Å². The van der Waals surface area contributed by atoms with E-state index in [0.717, 1.165) is 36.4 Å². The topological polar surface area (TPSA) is 63.9 Å². The van der Waals surface area contributed by atoms with Crippen molar-refractivity contribution in [1.82, 2.24) is 15.3 Å². The van der Waals surface area contributed by atoms with E-state index in [1.807, 2.05) is 25.2 Å². The largest absolute Gasteiger partial charge is 0.373 e. The van der Waals surface area contributed by atoms with Crippen LogP contribution in [0.5, 0.6) is 0 Å². The first-order valence-electron chi connectivity index (χ1n) is 5.84. The summed E-state index contributed by atoms with van der Waals surface area (Å²) in [5, 5.41) is 3.28. The first-order chi connectivity index (χ1) is 8.20. The van der Waals surface area contributed by atoms with E-state index in [1.165, 1.54) is 0 Å². The summed E-state index contributed by atoms with van der Waals surface area (Å²) < 4.78 is 0. The zero-order valence-electron chi connectivity index (χ0n) is 10.2. The minimum Gasteiger partial charge on any atom is -0.373 e. The van der Waals surface area contributed by atoms with Gasteiger partial charge in [-0.2, -0.15) is 0 Å². The number of hydrogen-bond donors (Lipinski definition) is 3. The van der Waals surface area contributed by atoms with E-state index in [9.17, 15) is 4.79 Å². The molecule has 0 saturated carbocycles. The summed E-state index contributed by atoms with van der Waals surface area (Å²) in [6.45, 7) is 4.97. The van der Waals surface area contributed by atoms with Crippen LogP contribution in [0.25, 0.3) is 11.0 Å². The number of aromatic nitrogens is 2. The van der Waals surface area contributed by atoms with Gasteiger partial charge >= 0.3 is 5.69 Å². The Kier molecular flexibility index (Phi) is 3.49. The molecule has 2 rings (SSSR count). The molecule has 0 amide bonds. The Hall–Kier alpha value is -1.75. The lowest BCUT2D eigenvalue weighted by Gasteiger charge is -2.19. The average molecular weight is 234 g/mol. The molecule has 92 valence electrons. The number of H-pyrrole nitrogens is 2. The molecule has 3 N–H and O–H groups in total. The van der Waals surface area contributed by atoms with Crippen molar-refractivity contribution in [3.8, 4) is 0 Å². The molecule has 1 aromatic carbocycles. The number of rotatable bonds is 5. The van der Waals surface area contributed by atoms with Crippen molar-refractivity contribution in [2.75, 3.05) is 31.6 Å². The minimum atomic E-state index is -0.160. The lowest BCUT2D eigenvalue weighted by Crippen LogP contribution is -2.28. The first kappa shape index (κ1) is 11.7. The summed E-state index contributed by atoms with van der Waals surface area (Å²) in [5.74, 6) is 0. The highest BCUT2D eigenvalue weighted by molar-refractivity contribution is 5.78. The van der Waals surface area contributed by atoms with Crippen LogP contribution in [0.4, 0.5) is 5.69 Å². The van der Waals surface area contributed by atoms with E-state index < -0.39 is 0 Å². The molecule has 0 aliphatic heterocycles. The van der Waals surface area contributed by atoms with Crippen molar-refractivity contribution < 1.29 is 0 Å². The Morgan fingerprint density at radius 2 is 2.06 bits per heavy atom. The quantitative estimate of drug-likeness (QED) is 0.674. The van der Waals surface area contributed by atoms with Gasteiger partial charge in [-0.25, -0.2) is 4.79 Å². The Morgan fingerprint density at radius 3 is 2.82 bits per heavy atom. The molecule has 0 aliphatic rings. The molecule has 0 radical (unpaired) electrons. The molecule has 0 saturated heterocycles. The Balaban J connectivity index is 2.14. The molecule has 0 bridgehead atoms. The number of hydrogen-bond acceptors (Lipinski definition) is 3. The second kappa shape index (κ2) is 5.05. The standard InChI is InChI=1S/C12H18N4O/c1-3-13-6-7-16(2)9-4-5-10-11(8-9)15-12(17)14-10/h4-5,8,13H,3,6-7H2,1-2H3,(H2,14,15,17). The van der Waals surface area contributed by atoms with E-state index in [-0.39, 0.29) is 5.69 Å². The predicted octanol–water partition coefficient (Wildman–Crippen LogP) is 0.902. The fraction of sp³-hybridized carbons (Fsp3) is 0.417. The van der Waals surface area contributed by atoms with Gasteiger partial charge in [0.15, 0.2) is 0 Å². The predicted molar refractivity (Wildman–Crippen MR) is 70.7 cm³/mol. The number of nitrogens with one attached hydrogen (secondary N) is 3. The second-order valence-corrected chi connectivity index (χ2v) is 4.08. The van der Waals surface area contributed by atoms with E-state index in [0.29, 0.717) is 0 Å². The molecule has 1 aromatic heterocycles. The first-order valence-corrected chi connectivity index (χ1v) is 5.84. The lowest BCUT2D eigenvalue weighted by atomic mass is 10.2. The Morgan fingerprint density at radius 1 is 1.29 bits per heavy atom. The molecule has 2 aromatic rings. The molecular weight excluding hydrogens is 216 g/mol. The normalized spacial score (nSPS) is 10.9. The number of nitrogens with zero attached hydrogens (tertiary/aromatic N) is 1.